The molecule has 5 nitrogen and oxygen atoms in total. The third-order valence-electron chi connectivity index (χ3n) is 4.10. The van der Waals surface area contributed by atoms with Gasteiger partial charge in [0.15, 0.2) is 5.11 Å². The third-order valence-corrected chi connectivity index (χ3v) is 5.10. The maximum Gasteiger partial charge on any atom is 0.255 e. The molecule has 0 heterocycles. The van der Waals surface area contributed by atoms with Crippen LogP contribution in [0.3, 0.4) is 0 Å². The van der Waals surface area contributed by atoms with E-state index in [0.717, 1.165) is 0 Å². The van der Waals surface area contributed by atoms with Gasteiger partial charge in [0.25, 0.3) is 5.91 Å². The highest BCUT2D eigenvalue weighted by Gasteiger charge is 2.07. The van der Waals surface area contributed by atoms with Crippen molar-refractivity contribution in [2.45, 2.75) is 0 Å². The highest BCUT2D eigenvalue weighted by molar-refractivity contribution is 7.80. The molecule has 3 aromatic carbocycles. The lowest BCUT2D eigenvalue weighted by molar-refractivity contribution is -0.115. The van der Waals surface area contributed by atoms with Crippen molar-refractivity contribution in [2.24, 2.45) is 0 Å². The molecular weight excluding hydrogens is 489 g/mol. The second kappa shape index (κ2) is 11.1. The fraction of sp³-hybridized carbons (Fsp3) is 0. The topological polar surface area (TPSA) is 70.2 Å². The van der Waals surface area contributed by atoms with Gasteiger partial charge in [-0.3, -0.25) is 14.9 Å². The minimum Gasteiger partial charge on any atom is -0.332 e. The standard InChI is InChI=1S/C23H16Cl3N3O2S/c24-16-3-1-2-15(12-16)22(31)27-18-7-9-19(10-8-18)28-23(32)29-21(30)11-5-14-4-6-17(25)13-20(14)26/h1-13H,(H,27,31)(H2,28,29,30,32)/b11-5+. The Morgan fingerprint density at radius 2 is 1.47 bits per heavy atom. The van der Waals surface area contributed by atoms with Crippen molar-refractivity contribution in [3.8, 4) is 0 Å². The number of carbonyl (C=O) groups is 2. The van der Waals surface area contributed by atoms with Gasteiger partial charge in [0.2, 0.25) is 5.91 Å². The summed E-state index contributed by atoms with van der Waals surface area (Å²) >= 11 is 23.0. The molecular formula is C23H16Cl3N3O2S. The highest BCUT2D eigenvalue weighted by atomic mass is 35.5. The quantitative estimate of drug-likeness (QED) is 0.277. The summed E-state index contributed by atoms with van der Waals surface area (Å²) in [5, 5.41) is 9.78. The van der Waals surface area contributed by atoms with Gasteiger partial charge >= 0.3 is 0 Å². The Bertz CT molecular complexity index is 1200. The van der Waals surface area contributed by atoms with Gasteiger partial charge in [-0.2, -0.15) is 0 Å². The number of thiocarbonyl (C=S) groups is 1. The van der Waals surface area contributed by atoms with Crippen molar-refractivity contribution in [1.82, 2.24) is 5.32 Å². The number of amides is 2. The van der Waals surface area contributed by atoms with Gasteiger partial charge in [0, 0.05) is 38.1 Å². The molecule has 0 saturated carbocycles. The zero-order valence-electron chi connectivity index (χ0n) is 16.4. The number of halogens is 3. The van der Waals surface area contributed by atoms with E-state index in [2.05, 4.69) is 16.0 Å². The first-order chi connectivity index (χ1) is 15.3. The normalized spacial score (nSPS) is 10.6. The molecule has 0 aliphatic heterocycles. The smallest absolute Gasteiger partial charge is 0.255 e. The van der Waals surface area contributed by atoms with Gasteiger partial charge in [-0.15, -0.1) is 0 Å². The van der Waals surface area contributed by atoms with Crippen LogP contribution in [0.1, 0.15) is 15.9 Å². The monoisotopic (exact) mass is 503 g/mol. The zero-order chi connectivity index (χ0) is 23.1. The maximum absolute atomic E-state index is 12.3. The molecule has 0 bridgehead atoms. The lowest BCUT2D eigenvalue weighted by Crippen LogP contribution is -2.32. The lowest BCUT2D eigenvalue weighted by atomic mass is 10.2. The van der Waals surface area contributed by atoms with E-state index in [4.69, 9.17) is 47.0 Å². The van der Waals surface area contributed by atoms with Crippen molar-refractivity contribution in [3.63, 3.8) is 0 Å². The molecule has 0 atom stereocenters. The van der Waals surface area contributed by atoms with Gasteiger partial charge in [-0.05, 0) is 78.5 Å². The summed E-state index contributed by atoms with van der Waals surface area (Å²) < 4.78 is 0. The van der Waals surface area contributed by atoms with E-state index in [-0.39, 0.29) is 11.0 Å². The van der Waals surface area contributed by atoms with E-state index < -0.39 is 5.91 Å². The van der Waals surface area contributed by atoms with Crippen molar-refractivity contribution < 1.29 is 9.59 Å². The first-order valence-electron chi connectivity index (χ1n) is 9.22. The Labute approximate surface area is 205 Å². The van der Waals surface area contributed by atoms with Gasteiger partial charge in [0.05, 0.1) is 0 Å². The Morgan fingerprint density at radius 1 is 0.812 bits per heavy atom. The van der Waals surface area contributed by atoms with E-state index >= 15 is 0 Å². The van der Waals surface area contributed by atoms with Crippen LogP contribution in [-0.2, 0) is 4.79 Å². The molecule has 162 valence electrons. The fourth-order valence-electron chi connectivity index (χ4n) is 2.59. The molecule has 0 unspecified atom stereocenters. The van der Waals surface area contributed by atoms with E-state index in [1.807, 2.05) is 0 Å². The summed E-state index contributed by atoms with van der Waals surface area (Å²) in [7, 11) is 0. The number of hydrogen-bond acceptors (Lipinski definition) is 3. The number of anilines is 2. The molecule has 2 amide bonds. The van der Waals surface area contributed by atoms with E-state index in [9.17, 15) is 9.59 Å². The van der Waals surface area contributed by atoms with Crippen LogP contribution >= 0.6 is 47.0 Å². The fourth-order valence-corrected chi connectivity index (χ4v) is 3.47. The number of carbonyl (C=O) groups excluding carboxylic acids is 2. The molecule has 0 aliphatic carbocycles. The van der Waals surface area contributed by atoms with Gasteiger partial charge in [0.1, 0.15) is 0 Å². The summed E-state index contributed by atoms with van der Waals surface area (Å²) in [6.45, 7) is 0. The second-order valence-corrected chi connectivity index (χ2v) is 8.17. The summed E-state index contributed by atoms with van der Waals surface area (Å²) in [5.41, 5.74) is 2.34. The van der Waals surface area contributed by atoms with Gasteiger partial charge in [-0.25, -0.2) is 0 Å². The number of rotatable bonds is 5. The molecule has 0 aromatic heterocycles. The van der Waals surface area contributed by atoms with E-state index in [0.29, 0.717) is 37.6 Å². The SMILES string of the molecule is O=C(/C=C/c1ccc(Cl)cc1Cl)NC(=S)Nc1ccc(NC(=O)c2cccc(Cl)c2)cc1. The van der Waals surface area contributed by atoms with Crippen LogP contribution in [0, 0.1) is 0 Å². The first kappa shape index (κ1) is 23.8. The van der Waals surface area contributed by atoms with Crippen molar-refractivity contribution in [2.75, 3.05) is 10.6 Å². The Hall–Kier alpha value is -2.90. The first-order valence-corrected chi connectivity index (χ1v) is 10.8. The minimum atomic E-state index is -0.418. The number of nitrogens with one attached hydrogen (secondary N) is 3. The molecule has 3 N–H and O–H groups in total. The van der Waals surface area contributed by atoms with Crippen LogP contribution in [-0.4, -0.2) is 16.9 Å². The average Bonchev–Trinajstić information content (AvgIpc) is 2.74. The van der Waals surface area contributed by atoms with Crippen molar-refractivity contribution in [3.05, 3.63) is 99.0 Å². The Morgan fingerprint density at radius 3 is 2.12 bits per heavy atom. The number of hydrogen-bond donors (Lipinski definition) is 3. The zero-order valence-corrected chi connectivity index (χ0v) is 19.4. The van der Waals surface area contributed by atoms with Crippen LogP contribution in [0.2, 0.25) is 15.1 Å². The van der Waals surface area contributed by atoms with Crippen LogP contribution in [0.4, 0.5) is 11.4 Å². The van der Waals surface area contributed by atoms with Crippen LogP contribution in [0.15, 0.2) is 72.8 Å². The van der Waals surface area contributed by atoms with Crippen LogP contribution < -0.4 is 16.0 Å². The summed E-state index contributed by atoms with van der Waals surface area (Å²) in [5.74, 6) is -0.692. The molecule has 3 rings (SSSR count). The van der Waals surface area contributed by atoms with E-state index in [1.54, 1.807) is 72.8 Å². The molecule has 0 saturated heterocycles. The summed E-state index contributed by atoms with van der Waals surface area (Å²) in [4.78, 5) is 24.4. The molecule has 3 aromatic rings. The van der Waals surface area contributed by atoms with Crippen molar-refractivity contribution in [1.29, 1.82) is 0 Å². The predicted molar refractivity (Wildman–Crippen MR) is 136 cm³/mol. The molecule has 0 fully saturated rings. The summed E-state index contributed by atoms with van der Waals surface area (Å²) in [6.07, 6.45) is 2.88. The second-order valence-electron chi connectivity index (χ2n) is 6.48. The van der Waals surface area contributed by atoms with Crippen molar-refractivity contribution >= 4 is 81.4 Å². The summed E-state index contributed by atoms with van der Waals surface area (Å²) in [6, 6.07) is 18.5. The molecule has 0 radical (unpaired) electrons. The maximum atomic E-state index is 12.3. The Kier molecular flexibility index (Phi) is 8.25. The van der Waals surface area contributed by atoms with Gasteiger partial charge in [-0.1, -0.05) is 46.9 Å². The Balaban J connectivity index is 1.52. The van der Waals surface area contributed by atoms with Gasteiger partial charge < -0.3 is 10.6 Å². The number of benzene rings is 3. The molecule has 0 spiro atoms. The molecule has 9 heteroatoms. The minimum absolute atomic E-state index is 0.123. The predicted octanol–water partition coefficient (Wildman–Crippen LogP) is 6.43. The lowest BCUT2D eigenvalue weighted by Gasteiger charge is -2.10. The van der Waals surface area contributed by atoms with Crippen LogP contribution in [0.5, 0.6) is 0 Å². The largest absolute Gasteiger partial charge is 0.332 e. The molecule has 0 aliphatic rings. The van der Waals surface area contributed by atoms with Crippen LogP contribution in [0.25, 0.3) is 6.08 Å². The highest BCUT2D eigenvalue weighted by Crippen LogP contribution is 2.22. The molecule has 32 heavy (non-hydrogen) atoms. The van der Waals surface area contributed by atoms with E-state index in [1.165, 1.54) is 6.08 Å². The third kappa shape index (κ3) is 7.07. The average molecular weight is 505 g/mol.